The Bertz CT molecular complexity index is 401. The van der Waals surface area contributed by atoms with Crippen molar-refractivity contribution >= 4 is 0 Å². The number of methoxy groups -OCH3 is 1. The maximum atomic E-state index is 5.38. The molecule has 1 atom stereocenters. The molecule has 1 aromatic carbocycles. The van der Waals surface area contributed by atoms with Gasteiger partial charge in [0.25, 0.3) is 0 Å². The van der Waals surface area contributed by atoms with Gasteiger partial charge in [-0.05, 0) is 29.8 Å². The smallest absolute Gasteiger partial charge is 0.118 e. The lowest BCUT2D eigenvalue weighted by molar-refractivity contribution is 0.414. The summed E-state index contributed by atoms with van der Waals surface area (Å²) in [5, 5.41) is 0. The van der Waals surface area contributed by atoms with Gasteiger partial charge in [0.2, 0.25) is 0 Å². The summed E-state index contributed by atoms with van der Waals surface area (Å²) in [5.41, 5.74) is 1.23. The summed E-state index contributed by atoms with van der Waals surface area (Å²) in [6.07, 6.45) is 1.70. The fraction of sp³-hybridized carbons (Fsp3) is 0.231. The molecule has 1 heterocycles. The normalized spacial score (nSPS) is 12.4. The van der Waals surface area contributed by atoms with E-state index in [4.69, 9.17) is 9.15 Å². The van der Waals surface area contributed by atoms with Crippen LogP contribution in [-0.4, -0.2) is 7.11 Å². The molecule has 0 saturated carbocycles. The molecule has 0 fully saturated rings. The molecule has 2 heteroatoms. The van der Waals surface area contributed by atoms with Crippen LogP contribution in [0.4, 0.5) is 0 Å². The Labute approximate surface area is 89.5 Å². The molecule has 0 radical (unpaired) electrons. The molecular weight excluding hydrogens is 188 g/mol. The fourth-order valence-electron chi connectivity index (χ4n) is 1.59. The van der Waals surface area contributed by atoms with Gasteiger partial charge in [0, 0.05) is 5.92 Å². The van der Waals surface area contributed by atoms with Crippen LogP contribution in [-0.2, 0) is 0 Å². The van der Waals surface area contributed by atoms with E-state index < -0.39 is 0 Å². The molecule has 0 aliphatic carbocycles. The summed E-state index contributed by atoms with van der Waals surface area (Å²) < 4.78 is 10.5. The van der Waals surface area contributed by atoms with Gasteiger partial charge < -0.3 is 9.15 Å². The Hall–Kier alpha value is -1.70. The zero-order valence-corrected chi connectivity index (χ0v) is 8.94. The number of ether oxygens (including phenoxy) is 1. The Balaban J connectivity index is 2.22. The Kier molecular flexibility index (Phi) is 2.77. The van der Waals surface area contributed by atoms with Crippen molar-refractivity contribution in [2.75, 3.05) is 7.11 Å². The maximum Gasteiger partial charge on any atom is 0.118 e. The summed E-state index contributed by atoms with van der Waals surface area (Å²) in [6, 6.07) is 12.0. The standard InChI is InChI=1S/C13H14O2/c1-10(13-4-3-9-15-13)11-5-7-12(14-2)8-6-11/h3-10H,1-2H3. The lowest BCUT2D eigenvalue weighted by Crippen LogP contribution is -1.94. The van der Waals surface area contributed by atoms with Gasteiger partial charge in [0.05, 0.1) is 13.4 Å². The van der Waals surface area contributed by atoms with Crippen molar-refractivity contribution in [1.29, 1.82) is 0 Å². The van der Waals surface area contributed by atoms with E-state index in [1.165, 1.54) is 5.56 Å². The molecule has 15 heavy (non-hydrogen) atoms. The second kappa shape index (κ2) is 4.22. The third kappa shape index (κ3) is 2.04. The van der Waals surface area contributed by atoms with E-state index in [2.05, 4.69) is 19.1 Å². The number of furan rings is 1. The molecule has 1 aromatic heterocycles. The highest BCUT2D eigenvalue weighted by atomic mass is 16.5. The van der Waals surface area contributed by atoms with Crippen molar-refractivity contribution in [3.8, 4) is 5.75 Å². The molecule has 0 N–H and O–H groups in total. The minimum Gasteiger partial charge on any atom is -0.497 e. The van der Waals surface area contributed by atoms with Gasteiger partial charge in [-0.1, -0.05) is 19.1 Å². The Morgan fingerprint density at radius 2 is 1.87 bits per heavy atom. The maximum absolute atomic E-state index is 5.38. The van der Waals surface area contributed by atoms with Gasteiger partial charge in [-0.25, -0.2) is 0 Å². The molecule has 78 valence electrons. The molecule has 2 aromatic rings. The molecule has 2 rings (SSSR count). The summed E-state index contributed by atoms with van der Waals surface area (Å²) in [5.74, 6) is 2.15. The average Bonchev–Trinajstić information content (AvgIpc) is 2.82. The fourth-order valence-corrected chi connectivity index (χ4v) is 1.59. The number of rotatable bonds is 3. The molecule has 0 aliphatic heterocycles. The zero-order valence-electron chi connectivity index (χ0n) is 8.94. The molecule has 0 saturated heterocycles. The predicted octanol–water partition coefficient (Wildman–Crippen LogP) is 3.44. The summed E-state index contributed by atoms with van der Waals surface area (Å²) in [7, 11) is 1.67. The third-order valence-corrected chi connectivity index (χ3v) is 2.59. The van der Waals surface area contributed by atoms with Crippen LogP contribution in [0.5, 0.6) is 5.75 Å². The third-order valence-electron chi connectivity index (χ3n) is 2.59. The highest BCUT2D eigenvalue weighted by molar-refractivity contribution is 5.32. The van der Waals surface area contributed by atoms with Crippen LogP contribution < -0.4 is 4.74 Å². The molecular formula is C13H14O2. The summed E-state index contributed by atoms with van der Waals surface area (Å²) in [6.45, 7) is 2.13. The topological polar surface area (TPSA) is 22.4 Å². The second-order valence-corrected chi connectivity index (χ2v) is 3.51. The van der Waals surface area contributed by atoms with E-state index >= 15 is 0 Å². The lowest BCUT2D eigenvalue weighted by Gasteiger charge is -2.09. The molecule has 0 amide bonds. The van der Waals surface area contributed by atoms with Crippen LogP contribution in [0.1, 0.15) is 24.2 Å². The zero-order chi connectivity index (χ0) is 10.7. The number of hydrogen-bond donors (Lipinski definition) is 0. The van der Waals surface area contributed by atoms with Gasteiger partial charge in [-0.15, -0.1) is 0 Å². The van der Waals surface area contributed by atoms with E-state index in [1.807, 2.05) is 24.3 Å². The van der Waals surface area contributed by atoms with Gasteiger partial charge >= 0.3 is 0 Å². The van der Waals surface area contributed by atoms with E-state index in [9.17, 15) is 0 Å². The van der Waals surface area contributed by atoms with Crippen LogP contribution in [0.25, 0.3) is 0 Å². The van der Waals surface area contributed by atoms with E-state index in [0.29, 0.717) is 0 Å². The van der Waals surface area contributed by atoms with Crippen LogP contribution in [0, 0.1) is 0 Å². The molecule has 0 aliphatic rings. The second-order valence-electron chi connectivity index (χ2n) is 3.51. The monoisotopic (exact) mass is 202 g/mol. The first kappa shape index (κ1) is 9.84. The van der Waals surface area contributed by atoms with Crippen LogP contribution in [0.15, 0.2) is 47.1 Å². The Morgan fingerprint density at radius 3 is 2.40 bits per heavy atom. The highest BCUT2D eigenvalue weighted by Crippen LogP contribution is 2.25. The van der Waals surface area contributed by atoms with Crippen LogP contribution >= 0.6 is 0 Å². The first-order valence-corrected chi connectivity index (χ1v) is 4.98. The van der Waals surface area contributed by atoms with Gasteiger partial charge in [0.1, 0.15) is 11.5 Å². The molecule has 0 bridgehead atoms. The molecule has 2 nitrogen and oxygen atoms in total. The van der Waals surface area contributed by atoms with E-state index in [1.54, 1.807) is 13.4 Å². The predicted molar refractivity (Wildman–Crippen MR) is 59.2 cm³/mol. The van der Waals surface area contributed by atoms with Crippen molar-refractivity contribution in [3.63, 3.8) is 0 Å². The van der Waals surface area contributed by atoms with Gasteiger partial charge in [-0.3, -0.25) is 0 Å². The van der Waals surface area contributed by atoms with Crippen molar-refractivity contribution in [3.05, 3.63) is 54.0 Å². The summed E-state index contributed by atoms with van der Waals surface area (Å²) in [4.78, 5) is 0. The number of benzene rings is 1. The highest BCUT2D eigenvalue weighted by Gasteiger charge is 2.10. The average molecular weight is 202 g/mol. The number of hydrogen-bond acceptors (Lipinski definition) is 2. The summed E-state index contributed by atoms with van der Waals surface area (Å²) >= 11 is 0. The quantitative estimate of drug-likeness (QED) is 0.760. The molecule has 0 spiro atoms. The van der Waals surface area contributed by atoms with Gasteiger partial charge in [0.15, 0.2) is 0 Å². The van der Waals surface area contributed by atoms with Gasteiger partial charge in [-0.2, -0.15) is 0 Å². The van der Waals surface area contributed by atoms with Crippen LogP contribution in [0.3, 0.4) is 0 Å². The first-order valence-electron chi connectivity index (χ1n) is 4.98. The van der Waals surface area contributed by atoms with E-state index in [-0.39, 0.29) is 5.92 Å². The van der Waals surface area contributed by atoms with E-state index in [0.717, 1.165) is 11.5 Å². The SMILES string of the molecule is COc1ccc(C(C)c2ccco2)cc1. The minimum absolute atomic E-state index is 0.283. The lowest BCUT2D eigenvalue weighted by atomic mass is 9.99. The van der Waals surface area contributed by atoms with Crippen molar-refractivity contribution in [2.45, 2.75) is 12.8 Å². The van der Waals surface area contributed by atoms with Crippen molar-refractivity contribution in [2.24, 2.45) is 0 Å². The van der Waals surface area contributed by atoms with Crippen LogP contribution in [0.2, 0.25) is 0 Å². The largest absolute Gasteiger partial charge is 0.497 e. The Morgan fingerprint density at radius 1 is 1.13 bits per heavy atom. The minimum atomic E-state index is 0.283. The van der Waals surface area contributed by atoms with Crippen molar-refractivity contribution in [1.82, 2.24) is 0 Å². The first-order chi connectivity index (χ1) is 7.31. The molecule has 1 unspecified atom stereocenters. The van der Waals surface area contributed by atoms with Crippen molar-refractivity contribution < 1.29 is 9.15 Å².